The first-order valence-corrected chi connectivity index (χ1v) is 15.4. The van der Waals surface area contributed by atoms with Gasteiger partial charge in [-0.05, 0) is 47.3 Å². The van der Waals surface area contributed by atoms with Crippen LogP contribution >= 0.6 is 28.4 Å². The van der Waals surface area contributed by atoms with Crippen LogP contribution in [-0.4, -0.2) is 69.7 Å². The van der Waals surface area contributed by atoms with Crippen LogP contribution in [0.5, 0.6) is 17.4 Å². The van der Waals surface area contributed by atoms with Gasteiger partial charge in [0.25, 0.3) is 5.69 Å². The van der Waals surface area contributed by atoms with E-state index >= 15 is 0 Å². The highest BCUT2D eigenvalue weighted by atomic mass is 127. The summed E-state index contributed by atoms with van der Waals surface area (Å²) >= 11 is 2.22. The lowest BCUT2D eigenvalue weighted by Gasteiger charge is -2.34. The molecule has 0 bridgehead atoms. The Bertz CT molecular complexity index is 1440. The summed E-state index contributed by atoms with van der Waals surface area (Å²) < 4.78 is 13.4. The van der Waals surface area contributed by atoms with Crippen molar-refractivity contribution in [3.05, 3.63) is 58.8 Å². The fraction of sp³-hybridized carbons (Fsp3) is 0.261. The molecule has 0 aliphatic carbocycles. The first kappa shape index (κ1) is 25.4. The van der Waals surface area contributed by atoms with Crippen molar-refractivity contribution >= 4 is 62.5 Å². The lowest BCUT2D eigenvalue weighted by Crippen LogP contribution is -2.44. The summed E-state index contributed by atoms with van der Waals surface area (Å²) in [7, 11) is 3.75. The van der Waals surface area contributed by atoms with Crippen LogP contribution in [0.2, 0.25) is 0 Å². The van der Waals surface area contributed by atoms with Gasteiger partial charge < -0.3 is 24.6 Å². The highest BCUT2D eigenvalue weighted by Crippen LogP contribution is 2.36. The van der Waals surface area contributed by atoms with Crippen molar-refractivity contribution in [2.75, 3.05) is 50.6 Å². The van der Waals surface area contributed by atoms with Gasteiger partial charge in [0, 0.05) is 44.0 Å². The second-order valence-electron chi connectivity index (χ2n) is 8.39. The molecule has 14 heteroatoms. The molecule has 1 unspecified atom stereocenters. The number of ether oxygens (including phenoxy) is 2. The minimum atomic E-state index is -0.470. The van der Waals surface area contributed by atoms with Crippen LogP contribution in [0.1, 0.15) is 0 Å². The topological polar surface area (TPSA) is 124 Å². The van der Waals surface area contributed by atoms with Crippen LogP contribution in [0, 0.1) is 10.1 Å². The molecule has 12 nitrogen and oxygen atoms in total. The Morgan fingerprint density at radius 2 is 1.95 bits per heavy atom. The standard InChI is InChI=1S/C23H24IN8O4P/c1-29-8-10-30(11-9-29)15-6-7-19(20(13-15)35-2)26-23-27-21-18(14-25-31(21)37-24)22(28-23)36-17-5-3-4-16(12-17)32(33)34/h3-7,12-14,37H,8-11H2,1-2H3,(H,26,27,28). The van der Waals surface area contributed by atoms with Crippen LogP contribution in [0.4, 0.5) is 23.0 Å². The number of nitro groups is 1. The number of fused-ring (bicyclic) bond motifs is 1. The molecule has 0 spiro atoms. The van der Waals surface area contributed by atoms with Crippen molar-refractivity contribution in [1.82, 2.24) is 24.4 Å². The first-order valence-electron chi connectivity index (χ1n) is 11.4. The van der Waals surface area contributed by atoms with Gasteiger partial charge in [-0.1, -0.05) is 6.07 Å². The van der Waals surface area contributed by atoms with Gasteiger partial charge in [-0.2, -0.15) is 15.1 Å². The van der Waals surface area contributed by atoms with E-state index in [9.17, 15) is 10.1 Å². The number of halogens is 1. The molecule has 0 saturated carbocycles. The maximum absolute atomic E-state index is 11.2. The zero-order valence-electron chi connectivity index (χ0n) is 20.1. The average molecular weight is 634 g/mol. The van der Waals surface area contributed by atoms with E-state index < -0.39 is 4.92 Å². The molecule has 0 radical (unpaired) electrons. The predicted octanol–water partition coefficient (Wildman–Crippen LogP) is 4.82. The number of piperazine rings is 1. The SMILES string of the molecule is COc1cc(N2CCN(C)CC2)ccc1Nc1nc(Oc2cccc([N+](=O)[O-])c2)c2cnn(PI)c2n1. The fourth-order valence-electron chi connectivity index (χ4n) is 4.01. The number of likely N-dealkylation sites (N-methyl/N-ethyl adjacent to an activating group) is 1. The van der Waals surface area contributed by atoms with Gasteiger partial charge in [-0.3, -0.25) is 10.1 Å². The normalized spacial score (nSPS) is 14.4. The number of aromatic nitrogens is 4. The number of nitrogens with zero attached hydrogens (tertiary/aromatic N) is 7. The molecule has 192 valence electrons. The van der Waals surface area contributed by atoms with Crippen molar-refractivity contribution in [3.8, 4) is 17.4 Å². The van der Waals surface area contributed by atoms with Crippen LogP contribution in [0.3, 0.4) is 0 Å². The molecule has 37 heavy (non-hydrogen) atoms. The Morgan fingerprint density at radius 3 is 2.68 bits per heavy atom. The molecular formula is C23H24IN8O4P. The largest absolute Gasteiger partial charge is 0.494 e. The Kier molecular flexibility index (Phi) is 7.53. The molecule has 0 amide bonds. The van der Waals surface area contributed by atoms with E-state index in [-0.39, 0.29) is 17.5 Å². The molecule has 4 aromatic rings. The highest BCUT2D eigenvalue weighted by Gasteiger charge is 2.19. The summed E-state index contributed by atoms with van der Waals surface area (Å²) in [5, 5.41) is 19.4. The van der Waals surface area contributed by atoms with E-state index in [2.05, 4.69) is 59.3 Å². The zero-order chi connectivity index (χ0) is 25.9. The van der Waals surface area contributed by atoms with E-state index in [1.54, 1.807) is 29.9 Å². The smallest absolute Gasteiger partial charge is 0.273 e. The van der Waals surface area contributed by atoms with Gasteiger partial charge >= 0.3 is 0 Å². The number of benzene rings is 2. The number of methoxy groups -OCH3 is 1. The van der Waals surface area contributed by atoms with Gasteiger partial charge in [0.15, 0.2) is 5.65 Å². The van der Waals surface area contributed by atoms with Gasteiger partial charge in [0.05, 0.1) is 36.4 Å². The second-order valence-corrected chi connectivity index (χ2v) is 10.4. The first-order chi connectivity index (χ1) is 17.9. The monoisotopic (exact) mass is 634 g/mol. The number of non-ortho nitro benzene ring substituents is 1. The predicted molar refractivity (Wildman–Crippen MR) is 152 cm³/mol. The van der Waals surface area contributed by atoms with Crippen molar-refractivity contribution in [1.29, 1.82) is 0 Å². The molecule has 1 fully saturated rings. The van der Waals surface area contributed by atoms with E-state index in [0.717, 1.165) is 31.9 Å². The molecule has 2 aromatic carbocycles. The third kappa shape index (κ3) is 5.53. The molecule has 1 N–H and O–H groups in total. The molecule has 5 rings (SSSR count). The number of anilines is 3. The van der Waals surface area contributed by atoms with E-state index in [1.165, 1.54) is 12.1 Å². The van der Waals surface area contributed by atoms with E-state index in [1.807, 2.05) is 18.2 Å². The Labute approximate surface area is 227 Å². The maximum atomic E-state index is 11.2. The summed E-state index contributed by atoms with van der Waals surface area (Å²) in [6.07, 6.45) is 1.93. The molecule has 1 atom stereocenters. The highest BCUT2D eigenvalue weighted by molar-refractivity contribution is 14.2. The second kappa shape index (κ2) is 11.0. The zero-order valence-corrected chi connectivity index (χ0v) is 23.2. The average Bonchev–Trinajstić information content (AvgIpc) is 3.33. The summed E-state index contributed by atoms with van der Waals surface area (Å²) in [4.78, 5) is 24.6. The van der Waals surface area contributed by atoms with Crippen LogP contribution in [0.15, 0.2) is 48.7 Å². The Hall–Kier alpha value is -3.29. The molecule has 2 aromatic heterocycles. The molecule has 3 heterocycles. The van der Waals surface area contributed by atoms with Gasteiger partial charge in [-0.15, -0.1) is 0 Å². The lowest BCUT2D eigenvalue weighted by molar-refractivity contribution is -0.384. The molecule has 1 aliphatic rings. The lowest BCUT2D eigenvalue weighted by atomic mass is 10.2. The minimum absolute atomic E-state index is 0.0734. The summed E-state index contributed by atoms with van der Waals surface area (Å²) in [6, 6.07) is 12.0. The van der Waals surface area contributed by atoms with E-state index in [4.69, 9.17) is 9.47 Å². The van der Waals surface area contributed by atoms with Gasteiger partial charge in [-0.25, -0.2) is 4.45 Å². The van der Waals surface area contributed by atoms with Crippen molar-refractivity contribution in [2.45, 2.75) is 0 Å². The molecular weight excluding hydrogens is 610 g/mol. The summed E-state index contributed by atoms with van der Waals surface area (Å²) in [5.41, 5.74) is 2.30. The Morgan fingerprint density at radius 1 is 1.14 bits per heavy atom. The van der Waals surface area contributed by atoms with Crippen LogP contribution < -0.4 is 19.7 Å². The number of nitrogens with one attached hydrogen (secondary N) is 1. The minimum Gasteiger partial charge on any atom is -0.494 e. The van der Waals surface area contributed by atoms with Crippen molar-refractivity contribution < 1.29 is 14.4 Å². The molecule has 1 saturated heterocycles. The molecule has 1 aliphatic heterocycles. The van der Waals surface area contributed by atoms with Gasteiger partial charge in [0.2, 0.25) is 11.8 Å². The van der Waals surface area contributed by atoms with Gasteiger partial charge in [0.1, 0.15) is 16.9 Å². The number of rotatable bonds is 8. The number of hydrogen-bond donors (Lipinski definition) is 1. The number of nitro benzene ring substituents is 1. The van der Waals surface area contributed by atoms with Crippen molar-refractivity contribution in [3.63, 3.8) is 0 Å². The summed E-state index contributed by atoms with van der Waals surface area (Å²) in [5.74, 6) is 1.47. The quantitative estimate of drug-likeness (QED) is 0.125. The Balaban J connectivity index is 1.47. The fourth-order valence-corrected chi connectivity index (χ4v) is 5.43. The van der Waals surface area contributed by atoms with Crippen LogP contribution in [-0.2, 0) is 0 Å². The number of hydrogen-bond acceptors (Lipinski definition) is 10. The summed E-state index contributed by atoms with van der Waals surface area (Å²) in [6.45, 7) is 3.92. The third-order valence-electron chi connectivity index (χ3n) is 6.02. The van der Waals surface area contributed by atoms with Crippen molar-refractivity contribution in [2.24, 2.45) is 0 Å². The van der Waals surface area contributed by atoms with Crippen LogP contribution in [0.25, 0.3) is 11.0 Å². The van der Waals surface area contributed by atoms with E-state index in [0.29, 0.717) is 34.6 Å². The third-order valence-corrected chi connectivity index (χ3v) is 7.87. The maximum Gasteiger partial charge on any atom is 0.273 e.